The number of hydrogen-bond donors (Lipinski definition) is 3. The van der Waals surface area contributed by atoms with Gasteiger partial charge in [-0.3, -0.25) is 9.59 Å². The van der Waals surface area contributed by atoms with Crippen LogP contribution in [0.5, 0.6) is 0 Å². The molecule has 0 aromatic heterocycles. The Morgan fingerprint density at radius 2 is 1.90 bits per heavy atom. The number of guanidine groups is 1. The van der Waals surface area contributed by atoms with Gasteiger partial charge in [0.1, 0.15) is 6.04 Å². The van der Waals surface area contributed by atoms with Crippen molar-refractivity contribution in [2.24, 2.45) is 10.1 Å². The first kappa shape index (κ1) is 23.0. The molecule has 31 heavy (non-hydrogen) atoms. The predicted octanol–water partition coefficient (Wildman–Crippen LogP) is 0.560. The molecule has 1 atom stereocenters. The maximum Gasteiger partial charge on any atom is 0.298 e. The smallest absolute Gasteiger partial charge is 0.298 e. The number of carbonyl (C=O) groups excluding carboxylic acids is 2. The van der Waals surface area contributed by atoms with Crippen LogP contribution in [0, 0.1) is 6.92 Å². The zero-order chi connectivity index (χ0) is 22.4. The lowest BCUT2D eigenvalue weighted by Gasteiger charge is -2.25. The summed E-state index contributed by atoms with van der Waals surface area (Å²) in [4.78, 5) is 33.3. The molecule has 0 aliphatic carbocycles. The average Bonchev–Trinajstić information content (AvgIpc) is 3.17. The molecule has 0 spiro atoms. The quantitative estimate of drug-likeness (QED) is 0.445. The second-order valence-electron chi connectivity index (χ2n) is 7.98. The molecular weight excluding hydrogens is 420 g/mol. The molecule has 2 aliphatic rings. The molecule has 2 fully saturated rings. The minimum atomic E-state index is -4.10. The number of nitrogens with zero attached hydrogens (tertiary/aromatic N) is 3. The molecule has 1 aromatic carbocycles. The second kappa shape index (κ2) is 10.1. The summed E-state index contributed by atoms with van der Waals surface area (Å²) >= 11 is 0. The highest BCUT2D eigenvalue weighted by Gasteiger charge is 2.30. The van der Waals surface area contributed by atoms with Crippen molar-refractivity contribution in [2.75, 3.05) is 31.5 Å². The maximum atomic E-state index is 13.1. The fourth-order valence-corrected chi connectivity index (χ4v) is 4.20. The molecule has 0 radical (unpaired) electrons. The number of aryl methyl sites for hydroxylation is 1. The minimum absolute atomic E-state index is 0.0219. The van der Waals surface area contributed by atoms with Gasteiger partial charge in [0.2, 0.25) is 17.8 Å². The van der Waals surface area contributed by atoms with Crippen LogP contribution in [-0.2, 0) is 19.8 Å². The van der Waals surface area contributed by atoms with E-state index in [0.29, 0.717) is 18.7 Å². The second-order valence-corrected chi connectivity index (χ2v) is 9.27. The van der Waals surface area contributed by atoms with Crippen molar-refractivity contribution >= 4 is 33.7 Å². The zero-order valence-electron chi connectivity index (χ0n) is 17.7. The lowest BCUT2D eigenvalue weighted by Crippen LogP contribution is -2.46. The van der Waals surface area contributed by atoms with Gasteiger partial charge in [0.15, 0.2) is 0 Å². The molecule has 2 amide bonds. The van der Waals surface area contributed by atoms with Crippen molar-refractivity contribution in [3.63, 3.8) is 0 Å². The zero-order valence-corrected chi connectivity index (χ0v) is 18.5. The fraction of sp³-hybridized carbons (Fsp3) is 0.550. The Morgan fingerprint density at radius 1 is 1.19 bits per heavy atom. The van der Waals surface area contributed by atoms with Crippen molar-refractivity contribution in [2.45, 2.75) is 45.1 Å². The number of aliphatic imine (C=N–C) groups is 1. The molecule has 2 aliphatic heterocycles. The summed E-state index contributed by atoms with van der Waals surface area (Å²) in [6.07, 6.45) is 3.92. The normalized spacial score (nSPS) is 20.5. The van der Waals surface area contributed by atoms with Crippen molar-refractivity contribution in [1.82, 2.24) is 14.5 Å². The topological polar surface area (TPSA) is 137 Å². The van der Waals surface area contributed by atoms with Gasteiger partial charge in [-0.05, 0) is 56.7 Å². The number of anilines is 1. The molecule has 0 unspecified atom stereocenters. The van der Waals surface area contributed by atoms with E-state index in [1.54, 1.807) is 11.0 Å². The van der Waals surface area contributed by atoms with Gasteiger partial charge in [-0.15, -0.1) is 0 Å². The van der Waals surface area contributed by atoms with Crippen LogP contribution in [0.25, 0.3) is 0 Å². The fourth-order valence-electron chi connectivity index (χ4n) is 3.83. The van der Waals surface area contributed by atoms with Crippen LogP contribution >= 0.6 is 0 Å². The Balaban J connectivity index is 1.79. The molecule has 4 N–H and O–H groups in total. The van der Waals surface area contributed by atoms with Crippen molar-refractivity contribution in [1.29, 1.82) is 0 Å². The molecular formula is C20H30N6O4S. The van der Waals surface area contributed by atoms with E-state index in [9.17, 15) is 18.0 Å². The van der Waals surface area contributed by atoms with Crippen LogP contribution < -0.4 is 15.2 Å². The van der Waals surface area contributed by atoms with Gasteiger partial charge in [0, 0.05) is 25.3 Å². The van der Waals surface area contributed by atoms with Crippen molar-refractivity contribution < 1.29 is 18.0 Å². The van der Waals surface area contributed by atoms with E-state index in [2.05, 4.69) is 15.0 Å². The molecule has 2 saturated heterocycles. The summed E-state index contributed by atoms with van der Waals surface area (Å²) in [6, 6.07) is 6.48. The third-order valence-electron chi connectivity index (χ3n) is 5.34. The average molecular weight is 451 g/mol. The lowest BCUT2D eigenvalue weighted by molar-refractivity contribution is -0.140. The first-order chi connectivity index (χ1) is 14.7. The first-order valence-corrected chi connectivity index (χ1v) is 12.0. The van der Waals surface area contributed by atoms with E-state index >= 15 is 0 Å². The number of hydrogen-bond acceptors (Lipinski definition) is 5. The summed E-state index contributed by atoms with van der Waals surface area (Å²) in [7, 11) is -4.10. The molecule has 0 bridgehead atoms. The summed E-state index contributed by atoms with van der Waals surface area (Å²) in [5, 5.41) is 8.05. The highest BCUT2D eigenvalue weighted by Crippen LogP contribution is 2.17. The van der Waals surface area contributed by atoms with E-state index in [1.165, 1.54) is 4.90 Å². The highest BCUT2D eigenvalue weighted by atomic mass is 32.2. The van der Waals surface area contributed by atoms with Gasteiger partial charge >= 0.3 is 0 Å². The Labute approximate surface area is 183 Å². The monoisotopic (exact) mass is 450 g/mol. The van der Waals surface area contributed by atoms with Crippen LogP contribution in [0.1, 0.15) is 37.7 Å². The number of likely N-dealkylation sites (tertiary alicyclic amines) is 2. The number of amides is 2. The van der Waals surface area contributed by atoms with Crippen molar-refractivity contribution in [3.05, 3.63) is 29.8 Å². The molecule has 11 heteroatoms. The summed E-state index contributed by atoms with van der Waals surface area (Å²) < 4.78 is 25.4. The SMILES string of the molecule is Cc1cccc(NC(=N[C@H]2CCCCN(CC(=O)N3CCCC3)C2=O)NS(N)(=O)=O)c1. The van der Waals surface area contributed by atoms with Gasteiger partial charge in [-0.25, -0.2) is 14.9 Å². The number of nitrogens with one attached hydrogen (secondary N) is 2. The van der Waals surface area contributed by atoms with Gasteiger partial charge in [0.05, 0.1) is 6.54 Å². The van der Waals surface area contributed by atoms with Gasteiger partial charge in [-0.2, -0.15) is 8.42 Å². The summed E-state index contributed by atoms with van der Waals surface area (Å²) in [5.74, 6) is -0.472. The van der Waals surface area contributed by atoms with E-state index in [-0.39, 0.29) is 24.3 Å². The standard InChI is InChI=1S/C20H30N6O4S/c1-15-7-6-8-16(13-15)22-20(24-31(21,29)30)23-17-9-2-3-12-26(19(17)28)14-18(27)25-10-4-5-11-25/h6-8,13,17H,2-5,9-12,14H2,1H3,(H2,21,29,30)(H2,22,23,24)/t17-/m0/s1. The Bertz CT molecular complexity index is 943. The van der Waals surface area contributed by atoms with Crippen LogP contribution in [-0.4, -0.2) is 68.2 Å². The van der Waals surface area contributed by atoms with E-state index in [0.717, 1.165) is 44.3 Å². The van der Waals surface area contributed by atoms with E-state index in [4.69, 9.17) is 5.14 Å². The third kappa shape index (κ3) is 6.93. The Hall–Kier alpha value is -2.66. The molecule has 1 aromatic rings. The van der Waals surface area contributed by atoms with Crippen LogP contribution in [0.4, 0.5) is 5.69 Å². The number of benzene rings is 1. The van der Waals surface area contributed by atoms with Crippen LogP contribution in [0.15, 0.2) is 29.3 Å². The van der Waals surface area contributed by atoms with Gasteiger partial charge in [-0.1, -0.05) is 12.1 Å². The minimum Gasteiger partial charge on any atom is -0.341 e. The summed E-state index contributed by atoms with van der Waals surface area (Å²) in [5.41, 5.74) is 1.58. The van der Waals surface area contributed by atoms with E-state index in [1.807, 2.05) is 25.1 Å². The number of rotatable bonds is 5. The van der Waals surface area contributed by atoms with Crippen LogP contribution in [0.2, 0.25) is 0 Å². The van der Waals surface area contributed by atoms with Gasteiger partial charge < -0.3 is 15.1 Å². The summed E-state index contributed by atoms with van der Waals surface area (Å²) in [6.45, 7) is 3.86. The first-order valence-electron chi connectivity index (χ1n) is 10.5. The van der Waals surface area contributed by atoms with Gasteiger partial charge in [0.25, 0.3) is 10.2 Å². The molecule has 2 heterocycles. The highest BCUT2D eigenvalue weighted by molar-refractivity contribution is 7.87. The number of nitrogens with two attached hydrogens (primary N) is 1. The molecule has 10 nitrogen and oxygen atoms in total. The Morgan fingerprint density at radius 3 is 2.58 bits per heavy atom. The Kier molecular flexibility index (Phi) is 7.50. The largest absolute Gasteiger partial charge is 0.341 e. The van der Waals surface area contributed by atoms with Crippen LogP contribution in [0.3, 0.4) is 0 Å². The van der Waals surface area contributed by atoms with E-state index < -0.39 is 16.3 Å². The maximum absolute atomic E-state index is 13.1. The molecule has 3 rings (SSSR count). The third-order valence-corrected chi connectivity index (χ3v) is 5.82. The molecule has 0 saturated carbocycles. The lowest BCUT2D eigenvalue weighted by atomic mass is 10.1. The molecule has 170 valence electrons. The predicted molar refractivity (Wildman–Crippen MR) is 119 cm³/mol. The number of carbonyl (C=O) groups is 2. The van der Waals surface area contributed by atoms with Crippen molar-refractivity contribution in [3.8, 4) is 0 Å².